The van der Waals surface area contributed by atoms with Gasteiger partial charge in [0.15, 0.2) is 0 Å². The van der Waals surface area contributed by atoms with E-state index in [-0.39, 0.29) is 18.1 Å². The average Bonchev–Trinajstić information content (AvgIpc) is 3.07. The van der Waals surface area contributed by atoms with Crippen molar-refractivity contribution in [3.63, 3.8) is 0 Å². The Kier molecular flexibility index (Phi) is 4.69. The van der Waals surface area contributed by atoms with Crippen molar-refractivity contribution in [3.8, 4) is 0 Å². The molecule has 6 heteroatoms. The maximum absolute atomic E-state index is 12.4. The summed E-state index contributed by atoms with van der Waals surface area (Å²) in [4.78, 5) is 16.8. The van der Waals surface area contributed by atoms with E-state index in [1.165, 1.54) is 0 Å². The Labute approximate surface area is 152 Å². The molecule has 2 heterocycles. The molecular formula is C20H22N4O2. The zero-order valence-corrected chi connectivity index (χ0v) is 14.7. The molecule has 3 aromatic rings. The highest BCUT2D eigenvalue weighted by atomic mass is 16.5. The van der Waals surface area contributed by atoms with E-state index in [4.69, 9.17) is 4.74 Å². The highest BCUT2D eigenvalue weighted by molar-refractivity contribution is 5.95. The highest BCUT2D eigenvalue weighted by Gasteiger charge is 2.28. The Balaban J connectivity index is 1.42. The minimum absolute atomic E-state index is 0.0643. The van der Waals surface area contributed by atoms with Crippen molar-refractivity contribution in [3.05, 3.63) is 60.4 Å². The van der Waals surface area contributed by atoms with Crippen molar-refractivity contribution in [2.45, 2.75) is 25.6 Å². The summed E-state index contributed by atoms with van der Waals surface area (Å²) in [5, 5.41) is 6.16. The molecule has 1 amide bonds. The third-order valence-electron chi connectivity index (χ3n) is 4.70. The first-order valence-electron chi connectivity index (χ1n) is 8.85. The summed E-state index contributed by atoms with van der Waals surface area (Å²) in [6.45, 7) is 3.99. The lowest BCUT2D eigenvalue weighted by atomic mass is 10.1. The van der Waals surface area contributed by atoms with Gasteiger partial charge in [0.05, 0.1) is 30.1 Å². The van der Waals surface area contributed by atoms with Gasteiger partial charge in [-0.05, 0) is 36.8 Å². The number of para-hydroxylation sites is 2. The molecule has 26 heavy (non-hydrogen) atoms. The maximum Gasteiger partial charge on any atom is 0.244 e. The number of aromatic nitrogens is 2. The van der Waals surface area contributed by atoms with Crippen LogP contribution in [0.25, 0.3) is 11.0 Å². The Hall–Kier alpha value is -2.70. The molecule has 1 aromatic heterocycles. The molecule has 2 N–H and O–H groups in total. The highest BCUT2D eigenvalue weighted by Crippen LogP contribution is 2.16. The summed E-state index contributed by atoms with van der Waals surface area (Å²) in [5.74, 6) is -0.0643. The largest absolute Gasteiger partial charge is 0.375 e. The van der Waals surface area contributed by atoms with Gasteiger partial charge in [0.1, 0.15) is 6.04 Å². The van der Waals surface area contributed by atoms with E-state index in [0.717, 1.165) is 28.8 Å². The van der Waals surface area contributed by atoms with Crippen molar-refractivity contribution < 1.29 is 9.53 Å². The smallest absolute Gasteiger partial charge is 0.244 e. The van der Waals surface area contributed by atoms with E-state index in [9.17, 15) is 4.79 Å². The number of imidazole rings is 1. The number of nitrogens with one attached hydrogen (secondary N) is 2. The molecule has 2 atom stereocenters. The first-order chi connectivity index (χ1) is 12.7. The van der Waals surface area contributed by atoms with Gasteiger partial charge < -0.3 is 19.9 Å². The van der Waals surface area contributed by atoms with Gasteiger partial charge in [-0.25, -0.2) is 4.98 Å². The lowest BCUT2D eigenvalue weighted by Gasteiger charge is -2.29. The van der Waals surface area contributed by atoms with Crippen LogP contribution in [0.3, 0.4) is 0 Å². The molecule has 1 fully saturated rings. The summed E-state index contributed by atoms with van der Waals surface area (Å²) in [6, 6.07) is 15.7. The second-order valence-corrected chi connectivity index (χ2v) is 6.56. The molecule has 4 rings (SSSR count). The third-order valence-corrected chi connectivity index (χ3v) is 4.70. The normalized spacial score (nSPS) is 20.2. The first-order valence-corrected chi connectivity index (χ1v) is 8.85. The second-order valence-electron chi connectivity index (χ2n) is 6.56. The van der Waals surface area contributed by atoms with E-state index in [0.29, 0.717) is 13.2 Å². The van der Waals surface area contributed by atoms with Crippen molar-refractivity contribution in [1.82, 2.24) is 14.9 Å². The van der Waals surface area contributed by atoms with Crippen LogP contribution in [0.2, 0.25) is 0 Å². The van der Waals surface area contributed by atoms with Crippen LogP contribution >= 0.6 is 0 Å². The van der Waals surface area contributed by atoms with E-state index >= 15 is 0 Å². The number of hydrogen-bond acceptors (Lipinski definition) is 4. The third kappa shape index (κ3) is 3.47. The van der Waals surface area contributed by atoms with Gasteiger partial charge in [-0.3, -0.25) is 4.79 Å². The molecule has 0 saturated carbocycles. The van der Waals surface area contributed by atoms with Crippen LogP contribution in [-0.4, -0.2) is 40.8 Å². The number of ether oxygens (including phenoxy) is 1. The molecule has 0 radical (unpaired) electrons. The lowest BCUT2D eigenvalue weighted by molar-refractivity contribution is -0.123. The van der Waals surface area contributed by atoms with E-state index < -0.39 is 0 Å². The van der Waals surface area contributed by atoms with Crippen LogP contribution in [-0.2, 0) is 16.1 Å². The molecule has 0 spiro atoms. The Morgan fingerprint density at radius 3 is 2.88 bits per heavy atom. The number of rotatable bonds is 4. The number of hydrogen-bond donors (Lipinski definition) is 2. The summed E-state index contributed by atoms with van der Waals surface area (Å²) in [5.41, 5.74) is 4.04. The maximum atomic E-state index is 12.4. The minimum Gasteiger partial charge on any atom is -0.375 e. The van der Waals surface area contributed by atoms with Gasteiger partial charge >= 0.3 is 0 Å². The number of carbonyl (C=O) groups excluding carboxylic acids is 1. The van der Waals surface area contributed by atoms with Crippen molar-refractivity contribution in [2.24, 2.45) is 0 Å². The van der Waals surface area contributed by atoms with Crippen LogP contribution in [0.1, 0.15) is 12.5 Å². The van der Waals surface area contributed by atoms with Crippen molar-refractivity contribution in [2.75, 3.05) is 18.5 Å². The molecule has 2 aromatic carbocycles. The number of anilines is 1. The van der Waals surface area contributed by atoms with Crippen molar-refractivity contribution in [1.29, 1.82) is 0 Å². The van der Waals surface area contributed by atoms with E-state index in [1.54, 1.807) is 0 Å². The minimum atomic E-state index is -0.319. The number of benzene rings is 2. The number of amides is 1. The molecule has 0 aliphatic carbocycles. The van der Waals surface area contributed by atoms with Gasteiger partial charge in [-0.1, -0.05) is 24.3 Å². The van der Waals surface area contributed by atoms with Gasteiger partial charge in [-0.15, -0.1) is 0 Å². The molecule has 0 unspecified atom stereocenters. The quantitative estimate of drug-likeness (QED) is 0.758. The molecule has 6 nitrogen and oxygen atoms in total. The fraction of sp³-hybridized carbons (Fsp3) is 0.300. The predicted octanol–water partition coefficient (Wildman–Crippen LogP) is 2.40. The van der Waals surface area contributed by atoms with Gasteiger partial charge in [0.25, 0.3) is 0 Å². The van der Waals surface area contributed by atoms with Crippen LogP contribution in [0.4, 0.5) is 5.69 Å². The molecule has 1 aliphatic heterocycles. The SMILES string of the molecule is C[C@H]1OCCN[C@@H]1C(=O)Nc1ccc(Cn2cnc3ccccc32)cc1. The topological polar surface area (TPSA) is 68.2 Å². The second kappa shape index (κ2) is 7.27. The number of morpholine rings is 1. The lowest BCUT2D eigenvalue weighted by Crippen LogP contribution is -2.53. The van der Waals surface area contributed by atoms with Crippen LogP contribution < -0.4 is 10.6 Å². The van der Waals surface area contributed by atoms with Crippen LogP contribution in [0.5, 0.6) is 0 Å². The average molecular weight is 350 g/mol. The first kappa shape index (κ1) is 16.8. The fourth-order valence-corrected chi connectivity index (χ4v) is 3.27. The van der Waals surface area contributed by atoms with Crippen molar-refractivity contribution >= 4 is 22.6 Å². The zero-order valence-electron chi connectivity index (χ0n) is 14.7. The summed E-state index contributed by atoms with van der Waals surface area (Å²) >= 11 is 0. The number of carbonyl (C=O) groups is 1. The number of fused-ring (bicyclic) bond motifs is 1. The monoisotopic (exact) mass is 350 g/mol. The van der Waals surface area contributed by atoms with Gasteiger partial charge in [0, 0.05) is 18.8 Å². The number of nitrogens with zero attached hydrogens (tertiary/aromatic N) is 2. The summed E-state index contributed by atoms with van der Waals surface area (Å²) in [7, 11) is 0. The summed E-state index contributed by atoms with van der Waals surface area (Å²) in [6.07, 6.45) is 1.73. The van der Waals surface area contributed by atoms with Gasteiger partial charge in [0.2, 0.25) is 5.91 Å². The van der Waals surface area contributed by atoms with Crippen LogP contribution in [0, 0.1) is 0 Å². The van der Waals surface area contributed by atoms with Gasteiger partial charge in [-0.2, -0.15) is 0 Å². The molecule has 0 bridgehead atoms. The zero-order chi connectivity index (χ0) is 17.9. The standard InChI is InChI=1S/C20H22N4O2/c1-14-19(21-10-11-26-14)20(25)23-16-8-6-15(7-9-16)12-24-13-22-17-4-2-3-5-18(17)24/h2-9,13-14,19,21H,10-12H2,1H3,(H,23,25)/t14-,19+/m1/s1. The Morgan fingerprint density at radius 2 is 2.08 bits per heavy atom. The Bertz CT molecular complexity index is 904. The van der Waals surface area contributed by atoms with Crippen LogP contribution in [0.15, 0.2) is 54.9 Å². The Morgan fingerprint density at radius 1 is 1.27 bits per heavy atom. The molecule has 1 saturated heterocycles. The summed E-state index contributed by atoms with van der Waals surface area (Å²) < 4.78 is 7.65. The molecule has 1 aliphatic rings. The molecule has 134 valence electrons. The van der Waals surface area contributed by atoms with E-state index in [2.05, 4.69) is 26.3 Å². The van der Waals surface area contributed by atoms with E-state index in [1.807, 2.05) is 55.7 Å². The molecular weight excluding hydrogens is 328 g/mol. The fourth-order valence-electron chi connectivity index (χ4n) is 3.27. The predicted molar refractivity (Wildman–Crippen MR) is 101 cm³/mol.